The van der Waals surface area contributed by atoms with E-state index < -0.39 is 0 Å². The number of hydrogen-bond donors (Lipinski definition) is 1. The van der Waals surface area contributed by atoms with E-state index in [-0.39, 0.29) is 0 Å². The van der Waals surface area contributed by atoms with Crippen LogP contribution in [0.15, 0.2) is 29.2 Å². The van der Waals surface area contributed by atoms with Crippen LogP contribution in [0.3, 0.4) is 0 Å². The molecule has 0 N–H and O–H groups in total. The van der Waals surface area contributed by atoms with Crippen molar-refractivity contribution in [3.05, 3.63) is 34.8 Å². The highest BCUT2D eigenvalue weighted by atomic mass is 32.1. The highest BCUT2D eigenvalue weighted by Gasteiger charge is 2.06. The minimum Gasteiger partial charge on any atom is -0.237 e. The van der Waals surface area contributed by atoms with E-state index in [1.165, 1.54) is 5.56 Å². The monoisotopic (exact) mass is 208 g/mol. The minimum absolute atomic E-state index is 0.733. The molecule has 0 unspecified atom stereocenters. The predicted octanol–water partition coefficient (Wildman–Crippen LogP) is 2.63. The first kappa shape index (κ1) is 8.72. The van der Waals surface area contributed by atoms with E-state index in [4.69, 9.17) is 0 Å². The summed E-state index contributed by atoms with van der Waals surface area (Å²) in [6.45, 7) is 0. The molecule has 2 heterocycles. The zero-order chi connectivity index (χ0) is 9.10. The van der Waals surface area contributed by atoms with Crippen LogP contribution in [0.1, 0.15) is 5.56 Å². The second kappa shape index (κ2) is 3.89. The Hall–Kier alpha value is -0.870. The van der Waals surface area contributed by atoms with Gasteiger partial charge >= 0.3 is 0 Å². The first-order valence-corrected chi connectivity index (χ1v) is 5.42. The molecule has 0 atom stereocenters. The predicted molar refractivity (Wildman–Crippen MR) is 58.0 cm³/mol. The zero-order valence-corrected chi connectivity index (χ0v) is 8.55. The van der Waals surface area contributed by atoms with Crippen LogP contribution in [0, 0.1) is 0 Å². The van der Waals surface area contributed by atoms with Crippen molar-refractivity contribution >= 4 is 24.0 Å². The Labute approximate surface area is 86.1 Å². The quantitative estimate of drug-likeness (QED) is 0.768. The number of hydrogen-bond acceptors (Lipinski definition) is 4. The Bertz CT molecular complexity index is 384. The largest absolute Gasteiger partial charge is 0.237 e. The molecule has 66 valence electrons. The van der Waals surface area contributed by atoms with Crippen LogP contribution in [0.4, 0.5) is 0 Å². The lowest BCUT2D eigenvalue weighted by atomic mass is 10.2. The summed E-state index contributed by atoms with van der Waals surface area (Å²) in [6, 6.07) is 1.82. The molecule has 0 aromatic carbocycles. The van der Waals surface area contributed by atoms with Crippen LogP contribution in [0.25, 0.3) is 11.4 Å². The zero-order valence-electron chi connectivity index (χ0n) is 6.84. The molecule has 0 saturated heterocycles. The van der Waals surface area contributed by atoms with Gasteiger partial charge in [-0.2, -0.15) is 24.0 Å². The molecule has 0 aliphatic carbocycles. The van der Waals surface area contributed by atoms with Crippen LogP contribution in [0.5, 0.6) is 0 Å². The fourth-order valence-corrected chi connectivity index (χ4v) is 2.30. The first-order chi connectivity index (χ1) is 6.42. The highest BCUT2D eigenvalue weighted by Crippen LogP contribution is 2.25. The van der Waals surface area contributed by atoms with E-state index in [1.807, 2.05) is 6.07 Å². The minimum atomic E-state index is 0.733. The molecule has 0 bridgehead atoms. The van der Waals surface area contributed by atoms with Crippen molar-refractivity contribution in [3.8, 4) is 11.4 Å². The fraction of sp³-hybridized carbons (Fsp3) is 0.111. The molecule has 2 nitrogen and oxygen atoms in total. The third kappa shape index (κ3) is 1.73. The molecule has 4 heteroatoms. The van der Waals surface area contributed by atoms with Crippen molar-refractivity contribution in [1.82, 2.24) is 9.97 Å². The fourth-order valence-electron chi connectivity index (χ4n) is 1.08. The van der Waals surface area contributed by atoms with Crippen molar-refractivity contribution in [2.75, 3.05) is 0 Å². The van der Waals surface area contributed by atoms with Gasteiger partial charge in [-0.05, 0) is 17.0 Å². The Kier molecular flexibility index (Phi) is 2.61. The smallest absolute Gasteiger partial charge is 0.160 e. The first-order valence-electron chi connectivity index (χ1n) is 3.85. The van der Waals surface area contributed by atoms with Crippen molar-refractivity contribution in [1.29, 1.82) is 0 Å². The Morgan fingerprint density at radius 3 is 2.69 bits per heavy atom. The maximum Gasteiger partial charge on any atom is 0.160 e. The van der Waals surface area contributed by atoms with Crippen LogP contribution >= 0.6 is 24.0 Å². The molecule has 2 aromatic rings. The van der Waals surface area contributed by atoms with Crippen LogP contribution in [-0.2, 0) is 5.75 Å². The number of thiophene rings is 1. The summed E-state index contributed by atoms with van der Waals surface area (Å²) >= 11 is 5.90. The molecule has 0 spiro atoms. The molecule has 0 amide bonds. The average molecular weight is 208 g/mol. The third-order valence-electron chi connectivity index (χ3n) is 1.72. The van der Waals surface area contributed by atoms with Gasteiger partial charge in [-0.1, -0.05) is 0 Å². The van der Waals surface area contributed by atoms with Crippen molar-refractivity contribution in [2.24, 2.45) is 0 Å². The van der Waals surface area contributed by atoms with Gasteiger partial charge < -0.3 is 0 Å². The lowest BCUT2D eigenvalue weighted by Crippen LogP contribution is -1.87. The van der Waals surface area contributed by atoms with Gasteiger partial charge in [-0.15, -0.1) is 0 Å². The lowest BCUT2D eigenvalue weighted by molar-refractivity contribution is 1.17. The molecule has 2 aromatic heterocycles. The molecule has 2 rings (SSSR count). The van der Waals surface area contributed by atoms with E-state index in [9.17, 15) is 0 Å². The molecule has 0 radical (unpaired) electrons. The van der Waals surface area contributed by atoms with Gasteiger partial charge in [0.05, 0.1) is 0 Å². The summed E-state index contributed by atoms with van der Waals surface area (Å²) in [5.74, 6) is 1.52. The SMILES string of the molecule is SCc1cscc1-c1ncccn1. The van der Waals surface area contributed by atoms with Gasteiger partial charge in [0.2, 0.25) is 0 Å². The average Bonchev–Trinajstić information content (AvgIpc) is 2.67. The summed E-state index contributed by atoms with van der Waals surface area (Å²) in [6.07, 6.45) is 3.50. The van der Waals surface area contributed by atoms with E-state index >= 15 is 0 Å². The van der Waals surface area contributed by atoms with Gasteiger partial charge in [0.25, 0.3) is 0 Å². The summed E-state index contributed by atoms with van der Waals surface area (Å²) in [4.78, 5) is 8.38. The normalized spacial score (nSPS) is 10.2. The molecule has 0 aliphatic heterocycles. The van der Waals surface area contributed by atoms with Crippen molar-refractivity contribution in [2.45, 2.75) is 5.75 Å². The lowest BCUT2D eigenvalue weighted by Gasteiger charge is -1.97. The Morgan fingerprint density at radius 2 is 2.00 bits per heavy atom. The molecular formula is C9H8N2S2. The van der Waals surface area contributed by atoms with Crippen molar-refractivity contribution in [3.63, 3.8) is 0 Å². The third-order valence-corrected chi connectivity index (χ3v) is 2.85. The van der Waals surface area contributed by atoms with E-state index in [0.717, 1.165) is 17.1 Å². The second-order valence-electron chi connectivity index (χ2n) is 2.54. The van der Waals surface area contributed by atoms with Gasteiger partial charge in [-0.25, -0.2) is 9.97 Å². The number of thiol groups is 1. The maximum atomic E-state index is 4.25. The van der Waals surface area contributed by atoms with Gasteiger partial charge in [0.15, 0.2) is 5.82 Å². The summed E-state index contributed by atoms with van der Waals surface area (Å²) in [5.41, 5.74) is 2.29. The van der Waals surface area contributed by atoms with Gasteiger partial charge in [-0.3, -0.25) is 0 Å². The maximum absolute atomic E-state index is 4.25. The Balaban J connectivity index is 2.47. The molecule has 0 fully saturated rings. The summed E-state index contributed by atoms with van der Waals surface area (Å²) < 4.78 is 0. The molecule has 0 aliphatic rings. The molecule has 0 saturated carbocycles. The summed E-state index contributed by atoms with van der Waals surface area (Å²) in [7, 11) is 0. The standard InChI is InChI=1S/C9H8N2S2/c12-4-7-5-13-6-8(7)9-10-2-1-3-11-9/h1-3,5-6,12H,4H2. The topological polar surface area (TPSA) is 25.8 Å². The molecular weight excluding hydrogens is 200 g/mol. The van der Waals surface area contributed by atoms with Gasteiger partial charge in [0, 0.05) is 29.1 Å². The van der Waals surface area contributed by atoms with E-state index in [1.54, 1.807) is 23.7 Å². The molecule has 13 heavy (non-hydrogen) atoms. The number of nitrogens with zero attached hydrogens (tertiary/aromatic N) is 2. The highest BCUT2D eigenvalue weighted by molar-refractivity contribution is 7.79. The van der Waals surface area contributed by atoms with Crippen LogP contribution < -0.4 is 0 Å². The Morgan fingerprint density at radius 1 is 1.23 bits per heavy atom. The van der Waals surface area contributed by atoms with Crippen LogP contribution in [-0.4, -0.2) is 9.97 Å². The van der Waals surface area contributed by atoms with E-state index in [0.29, 0.717) is 0 Å². The second-order valence-corrected chi connectivity index (χ2v) is 3.60. The van der Waals surface area contributed by atoms with Crippen molar-refractivity contribution < 1.29 is 0 Å². The summed E-state index contributed by atoms with van der Waals surface area (Å²) in [5, 5.41) is 4.14. The number of rotatable bonds is 2. The van der Waals surface area contributed by atoms with Gasteiger partial charge in [0.1, 0.15) is 0 Å². The number of aromatic nitrogens is 2. The van der Waals surface area contributed by atoms with Crippen LogP contribution in [0.2, 0.25) is 0 Å². The van der Waals surface area contributed by atoms with E-state index in [2.05, 4.69) is 33.4 Å².